The normalized spacial score (nSPS) is 14.1. The van der Waals surface area contributed by atoms with E-state index in [0.717, 1.165) is 48.6 Å². The molecule has 0 bridgehead atoms. The van der Waals surface area contributed by atoms with Gasteiger partial charge in [-0.3, -0.25) is 4.79 Å². The van der Waals surface area contributed by atoms with Gasteiger partial charge >= 0.3 is 0 Å². The van der Waals surface area contributed by atoms with E-state index in [2.05, 4.69) is 25.4 Å². The number of hydrogen-bond acceptors (Lipinski definition) is 7. The van der Waals surface area contributed by atoms with Crippen molar-refractivity contribution in [2.75, 3.05) is 25.1 Å². The number of methoxy groups -OCH3 is 1. The number of pyridine rings is 1. The quantitative estimate of drug-likeness (QED) is 0.612. The highest BCUT2D eigenvalue weighted by Gasteiger charge is 2.23. The molecule has 3 heterocycles. The van der Waals surface area contributed by atoms with E-state index in [1.54, 1.807) is 25.4 Å². The van der Waals surface area contributed by atoms with Crippen LogP contribution in [0.2, 0.25) is 0 Å². The minimum atomic E-state index is -0.226. The number of aryl methyl sites for hydroxylation is 1. The molecule has 0 radical (unpaired) electrons. The Kier molecular flexibility index (Phi) is 6.79. The number of nitrogens with one attached hydrogen (secondary N) is 1. The third-order valence-electron chi connectivity index (χ3n) is 5.45. The maximum Gasteiger partial charge on any atom is 0.272 e. The van der Waals surface area contributed by atoms with Crippen molar-refractivity contribution in [1.29, 1.82) is 0 Å². The number of piperidine rings is 1. The molecule has 4 rings (SSSR count). The highest BCUT2D eigenvalue weighted by Crippen LogP contribution is 2.24. The fourth-order valence-electron chi connectivity index (χ4n) is 3.71. The van der Waals surface area contributed by atoms with Crippen LogP contribution in [0.5, 0.6) is 11.6 Å². The van der Waals surface area contributed by atoms with Crippen molar-refractivity contribution in [1.82, 2.24) is 20.5 Å². The smallest absolute Gasteiger partial charge is 0.272 e. The molecule has 1 aromatic carbocycles. The SMILES string of the molecule is COc1ccc(OC2CCN(c3nnc(C(=O)NCc4ccccc4)cc3C)CC2)cn1. The van der Waals surface area contributed by atoms with Crippen LogP contribution < -0.4 is 19.7 Å². The first-order chi connectivity index (χ1) is 15.6. The summed E-state index contributed by atoms with van der Waals surface area (Å²) in [6.07, 6.45) is 3.54. The second-order valence-corrected chi connectivity index (χ2v) is 7.74. The maximum atomic E-state index is 12.5. The standard InChI is InChI=1S/C24H27N5O3/c1-17-14-21(24(30)26-15-18-6-4-3-5-7-18)27-28-23(17)29-12-10-19(11-13-29)32-20-8-9-22(31-2)25-16-20/h3-9,14,16,19H,10-13,15H2,1-2H3,(H,26,30). The number of ether oxygens (including phenoxy) is 2. The fraction of sp³-hybridized carbons (Fsp3) is 0.333. The molecule has 0 aliphatic carbocycles. The van der Waals surface area contributed by atoms with Crippen LogP contribution in [0.25, 0.3) is 0 Å². The summed E-state index contributed by atoms with van der Waals surface area (Å²) >= 11 is 0. The summed E-state index contributed by atoms with van der Waals surface area (Å²) in [5.41, 5.74) is 2.30. The van der Waals surface area contributed by atoms with Gasteiger partial charge in [0.05, 0.1) is 13.3 Å². The number of carbonyl (C=O) groups is 1. The van der Waals surface area contributed by atoms with E-state index in [1.165, 1.54) is 0 Å². The first-order valence-corrected chi connectivity index (χ1v) is 10.7. The zero-order valence-corrected chi connectivity index (χ0v) is 18.3. The average Bonchev–Trinajstić information content (AvgIpc) is 2.84. The van der Waals surface area contributed by atoms with E-state index in [9.17, 15) is 4.79 Å². The van der Waals surface area contributed by atoms with Gasteiger partial charge in [0.15, 0.2) is 11.5 Å². The van der Waals surface area contributed by atoms with Crippen LogP contribution in [-0.4, -0.2) is 47.4 Å². The van der Waals surface area contributed by atoms with Gasteiger partial charge in [0, 0.05) is 38.5 Å². The van der Waals surface area contributed by atoms with E-state index in [4.69, 9.17) is 9.47 Å². The van der Waals surface area contributed by atoms with Gasteiger partial charge in [-0.05, 0) is 30.2 Å². The van der Waals surface area contributed by atoms with Crippen LogP contribution >= 0.6 is 0 Å². The molecule has 2 aromatic heterocycles. The van der Waals surface area contributed by atoms with Crippen LogP contribution in [0.15, 0.2) is 54.7 Å². The lowest BCUT2D eigenvalue weighted by Crippen LogP contribution is -2.39. The predicted octanol–water partition coefficient (Wildman–Crippen LogP) is 3.17. The monoisotopic (exact) mass is 433 g/mol. The summed E-state index contributed by atoms with van der Waals surface area (Å²) in [7, 11) is 1.59. The molecular formula is C24H27N5O3. The molecule has 8 heteroatoms. The van der Waals surface area contributed by atoms with E-state index in [-0.39, 0.29) is 12.0 Å². The van der Waals surface area contributed by atoms with Gasteiger partial charge in [-0.1, -0.05) is 30.3 Å². The Hall–Kier alpha value is -3.68. The molecule has 0 unspecified atom stereocenters. The lowest BCUT2D eigenvalue weighted by molar-refractivity contribution is 0.0945. The second kappa shape index (κ2) is 10.1. The molecule has 166 valence electrons. The third-order valence-corrected chi connectivity index (χ3v) is 5.45. The largest absolute Gasteiger partial charge is 0.489 e. The number of amides is 1. The van der Waals surface area contributed by atoms with Crippen molar-refractivity contribution in [3.8, 4) is 11.6 Å². The van der Waals surface area contributed by atoms with Crippen molar-refractivity contribution in [2.24, 2.45) is 0 Å². The molecule has 1 saturated heterocycles. The molecule has 1 fully saturated rings. The summed E-state index contributed by atoms with van der Waals surface area (Å²) in [4.78, 5) is 18.8. The summed E-state index contributed by atoms with van der Waals surface area (Å²) in [5.74, 6) is 1.90. The summed E-state index contributed by atoms with van der Waals surface area (Å²) in [5, 5.41) is 11.4. The number of anilines is 1. The summed E-state index contributed by atoms with van der Waals surface area (Å²) in [6, 6.07) is 15.2. The van der Waals surface area contributed by atoms with Gasteiger partial charge in [-0.15, -0.1) is 10.2 Å². The molecule has 1 aliphatic rings. The predicted molar refractivity (Wildman–Crippen MR) is 121 cm³/mol. The molecule has 0 saturated carbocycles. The summed E-state index contributed by atoms with van der Waals surface area (Å²) in [6.45, 7) is 4.04. The number of rotatable bonds is 7. The van der Waals surface area contributed by atoms with E-state index >= 15 is 0 Å². The highest BCUT2D eigenvalue weighted by molar-refractivity contribution is 5.92. The van der Waals surface area contributed by atoms with Gasteiger partial charge in [0.25, 0.3) is 5.91 Å². The number of nitrogens with zero attached hydrogens (tertiary/aromatic N) is 4. The molecule has 3 aromatic rings. The molecule has 1 aliphatic heterocycles. The minimum Gasteiger partial charge on any atom is -0.489 e. The average molecular weight is 434 g/mol. The van der Waals surface area contributed by atoms with Crippen molar-refractivity contribution in [3.63, 3.8) is 0 Å². The molecule has 0 atom stereocenters. The first kappa shape index (κ1) is 21.5. The Balaban J connectivity index is 1.31. The number of hydrogen-bond donors (Lipinski definition) is 1. The molecular weight excluding hydrogens is 406 g/mol. The van der Waals surface area contributed by atoms with E-state index < -0.39 is 0 Å². The Morgan fingerprint density at radius 2 is 1.91 bits per heavy atom. The molecule has 0 spiro atoms. The van der Waals surface area contributed by atoms with Gasteiger partial charge < -0.3 is 19.7 Å². The van der Waals surface area contributed by atoms with Crippen molar-refractivity contribution >= 4 is 11.7 Å². The first-order valence-electron chi connectivity index (χ1n) is 10.7. The van der Waals surface area contributed by atoms with Crippen LogP contribution in [0, 0.1) is 6.92 Å². The van der Waals surface area contributed by atoms with Gasteiger partial charge in [-0.25, -0.2) is 4.98 Å². The van der Waals surface area contributed by atoms with Crippen LogP contribution in [0.4, 0.5) is 5.82 Å². The van der Waals surface area contributed by atoms with Crippen LogP contribution in [-0.2, 0) is 6.54 Å². The molecule has 8 nitrogen and oxygen atoms in total. The Morgan fingerprint density at radius 1 is 1.12 bits per heavy atom. The zero-order chi connectivity index (χ0) is 22.3. The Morgan fingerprint density at radius 3 is 2.56 bits per heavy atom. The van der Waals surface area contributed by atoms with E-state index in [0.29, 0.717) is 18.1 Å². The maximum absolute atomic E-state index is 12.5. The summed E-state index contributed by atoms with van der Waals surface area (Å²) < 4.78 is 11.1. The topological polar surface area (TPSA) is 89.5 Å². The Labute approximate surface area is 187 Å². The van der Waals surface area contributed by atoms with Crippen molar-refractivity contribution in [3.05, 3.63) is 71.5 Å². The molecule has 1 N–H and O–H groups in total. The molecule has 32 heavy (non-hydrogen) atoms. The van der Waals surface area contributed by atoms with Crippen LogP contribution in [0.1, 0.15) is 34.5 Å². The van der Waals surface area contributed by atoms with Crippen LogP contribution in [0.3, 0.4) is 0 Å². The third kappa shape index (κ3) is 5.32. The van der Waals surface area contributed by atoms with Gasteiger partial charge in [0.2, 0.25) is 5.88 Å². The number of aromatic nitrogens is 3. The van der Waals surface area contributed by atoms with Gasteiger partial charge in [-0.2, -0.15) is 0 Å². The Bertz CT molecular complexity index is 1040. The molecule has 1 amide bonds. The highest BCUT2D eigenvalue weighted by atomic mass is 16.5. The lowest BCUT2D eigenvalue weighted by atomic mass is 10.1. The zero-order valence-electron chi connectivity index (χ0n) is 18.3. The van der Waals surface area contributed by atoms with Crippen molar-refractivity contribution in [2.45, 2.75) is 32.4 Å². The fourth-order valence-corrected chi connectivity index (χ4v) is 3.71. The minimum absolute atomic E-state index is 0.123. The van der Waals surface area contributed by atoms with Crippen molar-refractivity contribution < 1.29 is 14.3 Å². The van der Waals surface area contributed by atoms with E-state index in [1.807, 2.05) is 43.3 Å². The van der Waals surface area contributed by atoms with Gasteiger partial charge in [0.1, 0.15) is 11.9 Å². The second-order valence-electron chi connectivity index (χ2n) is 7.74. The lowest BCUT2D eigenvalue weighted by Gasteiger charge is -2.33. The number of carbonyl (C=O) groups excluding carboxylic acids is 1. The number of benzene rings is 1.